The number of rotatable bonds is 28. The van der Waals surface area contributed by atoms with Gasteiger partial charge in [-0.25, -0.2) is 19.2 Å². The van der Waals surface area contributed by atoms with Gasteiger partial charge in [-0.3, -0.25) is 0 Å². The molecule has 0 saturated heterocycles. The summed E-state index contributed by atoms with van der Waals surface area (Å²) in [5.41, 5.74) is 3.06. The van der Waals surface area contributed by atoms with E-state index in [-0.39, 0.29) is 56.2 Å². The Kier molecular flexibility index (Phi) is 25.5. The topological polar surface area (TPSA) is 192 Å². The Morgan fingerprint density at radius 2 is 0.733 bits per heavy atom. The van der Waals surface area contributed by atoms with Crippen molar-refractivity contribution in [3.63, 3.8) is 0 Å². The highest BCUT2D eigenvalue weighted by Gasteiger charge is 2.23. The predicted octanol–water partition coefficient (Wildman–Crippen LogP) is 5.01. The fourth-order valence-electron chi connectivity index (χ4n) is 4.35. The SMILES string of the molecule is C=C(C)C(=O)OCC(O)COc1ccc(C(C)(C)c2ccc(OCC(O)COC(=O)C(=C)C)cc2)cc1.C=C(C)C(=O)OCCOCCOCCOCCOC(=O)C(=C)C. The molecule has 0 aliphatic heterocycles. The largest absolute Gasteiger partial charge is 0.491 e. The van der Waals surface area contributed by atoms with Crippen LogP contribution in [0.2, 0.25) is 0 Å². The van der Waals surface area contributed by atoms with Gasteiger partial charge in [0.2, 0.25) is 0 Å². The van der Waals surface area contributed by atoms with E-state index in [1.165, 1.54) is 13.8 Å². The standard InChI is InChI=1S/C29H36O8.C16H26O7/c1-19(2)27(32)36-17-23(30)15-34-25-11-7-21(8-12-25)29(5,6)22-9-13-26(14-10-22)35-16-24(31)18-37-28(33)20(3)4;1-13(2)15(17)22-11-9-20-7-5-19-6-8-21-10-12-23-16(18)14(3)4/h7-14,23-24,30-31H,1,3,15-18H2,2,4-6H3;1,3,5-12H2,2,4H3. The smallest absolute Gasteiger partial charge is 0.333 e. The van der Waals surface area contributed by atoms with Crippen molar-refractivity contribution in [2.24, 2.45) is 0 Å². The molecule has 2 atom stereocenters. The summed E-state index contributed by atoms with van der Waals surface area (Å²) in [4.78, 5) is 44.9. The Hall–Kier alpha value is -5.32. The third-order valence-electron chi connectivity index (χ3n) is 7.91. The average molecular weight is 843 g/mol. The minimum Gasteiger partial charge on any atom is -0.491 e. The van der Waals surface area contributed by atoms with E-state index in [9.17, 15) is 29.4 Å². The van der Waals surface area contributed by atoms with Gasteiger partial charge in [0.15, 0.2) is 0 Å². The van der Waals surface area contributed by atoms with Gasteiger partial charge in [-0.15, -0.1) is 0 Å². The molecule has 2 rings (SSSR count). The van der Waals surface area contributed by atoms with E-state index in [1.807, 2.05) is 48.5 Å². The number of esters is 4. The second kappa shape index (κ2) is 29.0. The molecule has 2 unspecified atom stereocenters. The first-order valence-corrected chi connectivity index (χ1v) is 19.2. The third-order valence-corrected chi connectivity index (χ3v) is 7.91. The number of benzene rings is 2. The van der Waals surface area contributed by atoms with Crippen molar-refractivity contribution in [1.29, 1.82) is 0 Å². The molecule has 0 amide bonds. The Morgan fingerprint density at radius 1 is 0.467 bits per heavy atom. The van der Waals surface area contributed by atoms with Crippen LogP contribution in [-0.4, -0.2) is 126 Å². The maximum atomic E-state index is 11.4. The monoisotopic (exact) mass is 842 g/mol. The van der Waals surface area contributed by atoms with Gasteiger partial charge in [0.1, 0.15) is 63.3 Å². The normalized spacial score (nSPS) is 11.7. The van der Waals surface area contributed by atoms with Crippen molar-refractivity contribution in [1.82, 2.24) is 0 Å². The highest BCUT2D eigenvalue weighted by atomic mass is 16.6. The Balaban J connectivity index is 0.000000674. The van der Waals surface area contributed by atoms with E-state index < -0.39 is 36.1 Å². The van der Waals surface area contributed by atoms with Crippen LogP contribution in [0.4, 0.5) is 0 Å². The van der Waals surface area contributed by atoms with Gasteiger partial charge in [0.05, 0.1) is 39.6 Å². The summed E-state index contributed by atoms with van der Waals surface area (Å²) in [6.45, 7) is 26.7. The van der Waals surface area contributed by atoms with E-state index in [2.05, 4.69) is 40.2 Å². The van der Waals surface area contributed by atoms with Crippen molar-refractivity contribution in [2.45, 2.75) is 59.2 Å². The summed E-state index contributed by atoms with van der Waals surface area (Å²) in [5, 5.41) is 19.9. The summed E-state index contributed by atoms with van der Waals surface area (Å²) < 4.78 is 46.5. The van der Waals surface area contributed by atoms with Crippen LogP contribution < -0.4 is 9.47 Å². The first kappa shape index (κ1) is 52.7. The zero-order valence-electron chi connectivity index (χ0n) is 35.8. The molecule has 2 aromatic rings. The lowest BCUT2D eigenvalue weighted by Gasteiger charge is -2.26. The van der Waals surface area contributed by atoms with Crippen LogP contribution in [0.15, 0.2) is 97.1 Å². The molecular weight excluding hydrogens is 780 g/mol. The average Bonchev–Trinajstić information content (AvgIpc) is 3.22. The van der Waals surface area contributed by atoms with Crippen LogP contribution >= 0.6 is 0 Å². The van der Waals surface area contributed by atoms with E-state index in [1.54, 1.807) is 13.8 Å². The summed E-state index contributed by atoms with van der Waals surface area (Å²) in [7, 11) is 0. The minimum atomic E-state index is -0.951. The molecule has 15 nitrogen and oxygen atoms in total. The zero-order valence-corrected chi connectivity index (χ0v) is 35.8. The van der Waals surface area contributed by atoms with Crippen molar-refractivity contribution in [3.8, 4) is 11.5 Å². The second-order valence-corrected chi connectivity index (χ2v) is 14.0. The zero-order chi connectivity index (χ0) is 45.1. The molecule has 0 heterocycles. The Bertz CT molecular complexity index is 1560. The highest BCUT2D eigenvalue weighted by Crippen LogP contribution is 2.33. The maximum absolute atomic E-state index is 11.4. The van der Waals surface area contributed by atoms with E-state index in [0.717, 1.165) is 11.1 Å². The van der Waals surface area contributed by atoms with Crippen LogP contribution in [-0.2, 0) is 57.8 Å². The number of aliphatic hydroxyl groups is 2. The molecule has 2 aromatic carbocycles. The van der Waals surface area contributed by atoms with Crippen LogP contribution in [0.1, 0.15) is 52.7 Å². The molecule has 60 heavy (non-hydrogen) atoms. The molecule has 2 N–H and O–H groups in total. The van der Waals surface area contributed by atoms with Gasteiger partial charge in [0, 0.05) is 27.7 Å². The maximum Gasteiger partial charge on any atom is 0.333 e. The lowest BCUT2D eigenvalue weighted by Crippen LogP contribution is -2.25. The van der Waals surface area contributed by atoms with Crippen molar-refractivity contribution < 1.29 is 72.0 Å². The van der Waals surface area contributed by atoms with Gasteiger partial charge in [-0.1, -0.05) is 64.4 Å². The number of hydrogen-bond acceptors (Lipinski definition) is 15. The number of carbonyl (C=O) groups excluding carboxylic acids is 4. The number of aliphatic hydroxyl groups excluding tert-OH is 2. The van der Waals surface area contributed by atoms with Crippen molar-refractivity contribution in [2.75, 3.05) is 79.3 Å². The third kappa shape index (κ3) is 22.7. The van der Waals surface area contributed by atoms with Crippen LogP contribution in [0.5, 0.6) is 11.5 Å². The van der Waals surface area contributed by atoms with Gasteiger partial charge < -0.3 is 52.8 Å². The molecule has 0 aliphatic rings. The van der Waals surface area contributed by atoms with Crippen LogP contribution in [0.3, 0.4) is 0 Å². The van der Waals surface area contributed by atoms with E-state index >= 15 is 0 Å². The molecule has 15 heteroatoms. The van der Waals surface area contributed by atoms with E-state index in [4.69, 9.17) is 42.6 Å². The van der Waals surface area contributed by atoms with Gasteiger partial charge in [-0.05, 0) is 63.1 Å². The summed E-state index contributed by atoms with van der Waals surface area (Å²) in [6, 6.07) is 15.1. The summed E-state index contributed by atoms with van der Waals surface area (Å²) in [6.07, 6.45) is -1.90. The van der Waals surface area contributed by atoms with Crippen LogP contribution in [0, 0.1) is 0 Å². The first-order chi connectivity index (χ1) is 28.3. The lowest BCUT2D eigenvalue weighted by atomic mass is 9.78. The van der Waals surface area contributed by atoms with Gasteiger partial charge >= 0.3 is 23.9 Å². The minimum absolute atomic E-state index is 0.0152. The van der Waals surface area contributed by atoms with E-state index in [0.29, 0.717) is 62.3 Å². The Labute approximate surface area is 353 Å². The molecule has 0 bridgehead atoms. The van der Waals surface area contributed by atoms with Crippen molar-refractivity contribution >= 4 is 23.9 Å². The first-order valence-electron chi connectivity index (χ1n) is 19.2. The fraction of sp³-hybridized carbons (Fsp3) is 0.467. The molecule has 0 aliphatic carbocycles. The van der Waals surface area contributed by atoms with Gasteiger partial charge in [-0.2, -0.15) is 0 Å². The predicted molar refractivity (Wildman–Crippen MR) is 224 cm³/mol. The molecule has 332 valence electrons. The number of hydrogen-bond donors (Lipinski definition) is 2. The highest BCUT2D eigenvalue weighted by molar-refractivity contribution is 5.88. The molecule has 0 radical (unpaired) electrons. The lowest BCUT2D eigenvalue weighted by molar-refractivity contribution is -0.143. The summed E-state index contributed by atoms with van der Waals surface area (Å²) in [5.74, 6) is -0.775. The molecular formula is C45H62O15. The fourth-order valence-corrected chi connectivity index (χ4v) is 4.35. The van der Waals surface area contributed by atoms with Crippen LogP contribution in [0.25, 0.3) is 0 Å². The van der Waals surface area contributed by atoms with Crippen molar-refractivity contribution in [3.05, 3.63) is 108 Å². The molecule has 0 aromatic heterocycles. The molecule has 0 fully saturated rings. The second-order valence-electron chi connectivity index (χ2n) is 14.0. The quantitative estimate of drug-likeness (QED) is 0.0503. The molecule has 0 saturated carbocycles. The molecule has 0 spiro atoms. The number of carbonyl (C=O) groups is 4. The Morgan fingerprint density at radius 3 is 1.02 bits per heavy atom. The number of ether oxygens (including phenoxy) is 9. The summed E-state index contributed by atoms with van der Waals surface area (Å²) >= 11 is 0. The van der Waals surface area contributed by atoms with Gasteiger partial charge in [0.25, 0.3) is 0 Å².